The van der Waals surface area contributed by atoms with Gasteiger partial charge in [0.05, 0.1) is 0 Å². The van der Waals surface area contributed by atoms with Crippen molar-refractivity contribution >= 4 is 35.1 Å². The molecule has 0 unspecified atom stereocenters. The Balaban J connectivity index is 1.69. The molecule has 1 aliphatic carbocycles. The van der Waals surface area contributed by atoms with Gasteiger partial charge in [-0.25, -0.2) is 0 Å². The van der Waals surface area contributed by atoms with Crippen LogP contribution in [0.15, 0.2) is 60.7 Å². The molecule has 1 saturated carbocycles. The first-order chi connectivity index (χ1) is 10.1. The summed E-state index contributed by atoms with van der Waals surface area (Å²) in [6.45, 7) is 0. The molecule has 21 heavy (non-hydrogen) atoms. The lowest BCUT2D eigenvalue weighted by Crippen LogP contribution is -1.95. The van der Waals surface area contributed by atoms with Crippen molar-refractivity contribution in [3.8, 4) is 0 Å². The van der Waals surface area contributed by atoms with E-state index in [9.17, 15) is 4.79 Å². The first-order valence-electron chi connectivity index (χ1n) is 6.81. The van der Waals surface area contributed by atoms with E-state index in [0.717, 1.165) is 17.5 Å². The Labute approximate surface area is 134 Å². The van der Waals surface area contributed by atoms with Crippen molar-refractivity contribution in [3.05, 3.63) is 77.4 Å². The third-order valence-electron chi connectivity index (χ3n) is 3.65. The molecule has 106 valence electrons. The number of benzene rings is 2. The average Bonchev–Trinajstić information content (AvgIpc) is 3.15. The van der Waals surface area contributed by atoms with E-state index in [0.29, 0.717) is 5.56 Å². The van der Waals surface area contributed by atoms with Gasteiger partial charge in [-0.05, 0) is 23.6 Å². The maximum Gasteiger partial charge on any atom is 0.185 e. The third-order valence-corrected chi connectivity index (χ3v) is 4.49. The fourth-order valence-corrected chi connectivity index (χ4v) is 2.85. The van der Waals surface area contributed by atoms with Crippen LogP contribution >= 0.6 is 23.2 Å². The molecule has 1 nitrogen and oxygen atoms in total. The van der Waals surface area contributed by atoms with Crippen LogP contribution in [0.3, 0.4) is 0 Å². The van der Waals surface area contributed by atoms with Gasteiger partial charge in [-0.3, -0.25) is 4.79 Å². The first kappa shape index (κ1) is 14.4. The van der Waals surface area contributed by atoms with Crippen LogP contribution in [0, 0.1) is 0 Å². The van der Waals surface area contributed by atoms with Gasteiger partial charge < -0.3 is 0 Å². The van der Waals surface area contributed by atoms with Gasteiger partial charge in [-0.1, -0.05) is 60.7 Å². The second-order valence-corrected chi connectivity index (χ2v) is 6.79. The maximum atomic E-state index is 12.1. The lowest BCUT2D eigenvalue weighted by molar-refractivity contribution is 0.104. The van der Waals surface area contributed by atoms with Gasteiger partial charge in [-0.15, -0.1) is 23.2 Å². The summed E-state index contributed by atoms with van der Waals surface area (Å²) in [5.41, 5.74) is 2.76. The highest BCUT2D eigenvalue weighted by molar-refractivity contribution is 6.51. The molecule has 0 saturated heterocycles. The van der Waals surface area contributed by atoms with Crippen LogP contribution in [0.25, 0.3) is 6.08 Å². The first-order valence-corrected chi connectivity index (χ1v) is 7.57. The molecule has 1 aliphatic rings. The number of hydrogen-bond acceptors (Lipinski definition) is 1. The highest BCUT2D eigenvalue weighted by Gasteiger charge is 2.52. The molecule has 0 heterocycles. The van der Waals surface area contributed by atoms with Gasteiger partial charge in [0, 0.05) is 11.5 Å². The predicted molar refractivity (Wildman–Crippen MR) is 88.0 cm³/mol. The van der Waals surface area contributed by atoms with Crippen LogP contribution in [-0.4, -0.2) is 10.1 Å². The minimum absolute atomic E-state index is 0.00999. The Morgan fingerprint density at radius 2 is 1.67 bits per heavy atom. The van der Waals surface area contributed by atoms with E-state index in [4.69, 9.17) is 23.2 Å². The van der Waals surface area contributed by atoms with Crippen LogP contribution in [0.4, 0.5) is 0 Å². The summed E-state index contributed by atoms with van der Waals surface area (Å²) in [4.78, 5) is 12.1. The van der Waals surface area contributed by atoms with Gasteiger partial charge in [0.25, 0.3) is 0 Å². The van der Waals surface area contributed by atoms with E-state index in [1.54, 1.807) is 6.08 Å². The van der Waals surface area contributed by atoms with Gasteiger partial charge in [-0.2, -0.15) is 0 Å². The van der Waals surface area contributed by atoms with Crippen molar-refractivity contribution < 1.29 is 4.79 Å². The monoisotopic (exact) mass is 316 g/mol. The summed E-state index contributed by atoms with van der Waals surface area (Å²) in [5, 5.41) is 0. The Bertz CT molecular complexity index is 672. The van der Waals surface area contributed by atoms with E-state index in [2.05, 4.69) is 0 Å². The predicted octanol–water partition coefficient (Wildman–Crippen LogP) is 5.24. The van der Waals surface area contributed by atoms with Crippen molar-refractivity contribution in [2.45, 2.75) is 16.7 Å². The fourth-order valence-electron chi connectivity index (χ4n) is 2.29. The second kappa shape index (κ2) is 5.67. The number of alkyl halides is 2. The molecule has 0 radical (unpaired) electrons. The second-order valence-electron chi connectivity index (χ2n) is 5.25. The third kappa shape index (κ3) is 3.37. The summed E-state index contributed by atoms with van der Waals surface area (Å²) in [6.07, 6.45) is 4.19. The van der Waals surface area contributed by atoms with Crippen LogP contribution < -0.4 is 0 Å². The van der Waals surface area contributed by atoms with Crippen LogP contribution in [0.5, 0.6) is 0 Å². The lowest BCUT2D eigenvalue weighted by atomic mass is 10.0. The molecule has 0 bridgehead atoms. The zero-order chi connectivity index (χ0) is 14.9. The molecular formula is C18H14Cl2O. The minimum Gasteiger partial charge on any atom is -0.289 e. The minimum atomic E-state index is -0.626. The Kier molecular flexibility index (Phi) is 3.88. The smallest absolute Gasteiger partial charge is 0.185 e. The molecule has 3 rings (SSSR count). The van der Waals surface area contributed by atoms with Gasteiger partial charge in [0.15, 0.2) is 5.78 Å². The maximum absolute atomic E-state index is 12.1. The van der Waals surface area contributed by atoms with Crippen LogP contribution in [0.2, 0.25) is 0 Å². The standard InChI is InChI=1S/C18H14Cl2O/c19-18(20)12-16(18)14-7-9-15(10-8-14)17(21)11-6-13-4-2-1-3-5-13/h1-11,16H,12H2/b11-6-/t16-/m0/s1. The quantitative estimate of drug-likeness (QED) is 0.428. The van der Waals surface area contributed by atoms with E-state index >= 15 is 0 Å². The van der Waals surface area contributed by atoms with E-state index in [1.807, 2.05) is 60.7 Å². The number of ketones is 1. The zero-order valence-corrected chi connectivity index (χ0v) is 12.8. The SMILES string of the molecule is O=C(/C=C\c1ccccc1)c1ccc([C@@H]2CC2(Cl)Cl)cc1. The molecule has 0 spiro atoms. The Hall–Kier alpha value is -1.57. The van der Waals surface area contributed by atoms with Crippen LogP contribution in [-0.2, 0) is 0 Å². The Morgan fingerprint density at radius 3 is 2.24 bits per heavy atom. The summed E-state index contributed by atoms with van der Waals surface area (Å²) >= 11 is 12.1. The number of halogens is 2. The van der Waals surface area contributed by atoms with E-state index in [1.165, 1.54) is 0 Å². The lowest BCUT2D eigenvalue weighted by Gasteiger charge is -2.02. The highest BCUT2D eigenvalue weighted by atomic mass is 35.5. The van der Waals surface area contributed by atoms with Crippen molar-refractivity contribution in [2.24, 2.45) is 0 Å². The summed E-state index contributed by atoms with van der Waals surface area (Å²) < 4.78 is -0.626. The average molecular weight is 317 g/mol. The number of rotatable bonds is 4. The zero-order valence-electron chi connectivity index (χ0n) is 11.3. The fraction of sp³-hybridized carbons (Fsp3) is 0.167. The summed E-state index contributed by atoms with van der Waals surface area (Å²) in [5.74, 6) is 0.175. The van der Waals surface area contributed by atoms with Crippen molar-refractivity contribution in [3.63, 3.8) is 0 Å². The molecule has 2 aromatic carbocycles. The number of allylic oxidation sites excluding steroid dienone is 1. The van der Waals surface area contributed by atoms with Crippen molar-refractivity contribution in [2.75, 3.05) is 0 Å². The molecule has 1 atom stereocenters. The number of carbonyl (C=O) groups excluding carboxylic acids is 1. The molecule has 1 fully saturated rings. The topological polar surface area (TPSA) is 17.1 Å². The number of hydrogen-bond donors (Lipinski definition) is 0. The van der Waals surface area contributed by atoms with E-state index < -0.39 is 4.33 Å². The van der Waals surface area contributed by atoms with Gasteiger partial charge in [0.1, 0.15) is 4.33 Å². The molecule has 0 N–H and O–H groups in total. The largest absolute Gasteiger partial charge is 0.289 e. The Morgan fingerprint density at radius 1 is 1.05 bits per heavy atom. The van der Waals surface area contributed by atoms with Gasteiger partial charge >= 0.3 is 0 Å². The summed E-state index contributed by atoms with van der Waals surface area (Å²) in [7, 11) is 0. The van der Waals surface area contributed by atoms with Crippen molar-refractivity contribution in [1.82, 2.24) is 0 Å². The van der Waals surface area contributed by atoms with Gasteiger partial charge in [0.2, 0.25) is 0 Å². The highest BCUT2D eigenvalue weighted by Crippen LogP contribution is 2.59. The molecule has 0 amide bonds. The molecular weight excluding hydrogens is 303 g/mol. The molecule has 2 aromatic rings. The van der Waals surface area contributed by atoms with Crippen molar-refractivity contribution in [1.29, 1.82) is 0 Å². The molecule has 0 aliphatic heterocycles. The normalized spacial score (nSPS) is 19.6. The molecule has 3 heteroatoms. The number of carbonyl (C=O) groups is 1. The molecule has 0 aromatic heterocycles. The van der Waals surface area contributed by atoms with Crippen LogP contribution in [0.1, 0.15) is 33.8 Å². The summed E-state index contributed by atoms with van der Waals surface area (Å²) in [6, 6.07) is 17.3. The van der Waals surface area contributed by atoms with E-state index in [-0.39, 0.29) is 11.7 Å².